The van der Waals surface area contributed by atoms with Crippen molar-refractivity contribution in [1.29, 1.82) is 0 Å². The van der Waals surface area contributed by atoms with Gasteiger partial charge >= 0.3 is 0 Å². The van der Waals surface area contributed by atoms with Crippen molar-refractivity contribution in [2.75, 3.05) is 31.3 Å². The molecule has 1 aromatic carbocycles. The molecule has 0 aliphatic carbocycles. The SMILES string of the molecule is COc1ccc(NCCCO)cc1N.Cl.Cl. The zero-order valence-corrected chi connectivity index (χ0v) is 10.7. The van der Waals surface area contributed by atoms with Crippen molar-refractivity contribution < 1.29 is 9.84 Å². The molecule has 0 heterocycles. The van der Waals surface area contributed by atoms with Crippen LogP contribution in [0.1, 0.15) is 6.42 Å². The van der Waals surface area contributed by atoms with Crippen LogP contribution in [0.5, 0.6) is 5.75 Å². The predicted molar refractivity (Wildman–Crippen MR) is 72.1 cm³/mol. The summed E-state index contributed by atoms with van der Waals surface area (Å²) in [7, 11) is 1.59. The first-order chi connectivity index (χ1) is 6.77. The Morgan fingerprint density at radius 2 is 2.06 bits per heavy atom. The molecule has 0 atom stereocenters. The maximum Gasteiger partial charge on any atom is 0.141 e. The molecule has 0 bridgehead atoms. The van der Waals surface area contributed by atoms with Gasteiger partial charge in [-0.3, -0.25) is 0 Å². The summed E-state index contributed by atoms with van der Waals surface area (Å²) in [5.74, 6) is 0.678. The Morgan fingerprint density at radius 3 is 2.56 bits per heavy atom. The van der Waals surface area contributed by atoms with Crippen LogP contribution in [0.2, 0.25) is 0 Å². The van der Waals surface area contributed by atoms with E-state index in [0.29, 0.717) is 11.4 Å². The molecule has 4 N–H and O–H groups in total. The number of anilines is 2. The quantitative estimate of drug-likeness (QED) is 0.564. The standard InChI is InChI=1S/C10H16N2O2.2ClH/c1-14-10-4-3-8(7-9(10)11)12-5-2-6-13;;/h3-4,7,12-13H,2,5-6,11H2,1H3;2*1H. The number of halogens is 2. The van der Waals surface area contributed by atoms with E-state index in [1.807, 2.05) is 18.2 Å². The molecular weight excluding hydrogens is 251 g/mol. The van der Waals surface area contributed by atoms with Crippen LogP contribution in [-0.2, 0) is 0 Å². The summed E-state index contributed by atoms with van der Waals surface area (Å²) in [5, 5.41) is 11.7. The minimum Gasteiger partial charge on any atom is -0.495 e. The lowest BCUT2D eigenvalue weighted by Gasteiger charge is -2.08. The topological polar surface area (TPSA) is 67.5 Å². The van der Waals surface area contributed by atoms with Gasteiger partial charge in [0.25, 0.3) is 0 Å². The number of rotatable bonds is 5. The number of hydrogen-bond donors (Lipinski definition) is 3. The Labute approximate surface area is 108 Å². The molecule has 0 fully saturated rings. The highest BCUT2D eigenvalue weighted by atomic mass is 35.5. The van der Waals surface area contributed by atoms with Crippen LogP contribution >= 0.6 is 24.8 Å². The van der Waals surface area contributed by atoms with E-state index in [4.69, 9.17) is 15.6 Å². The van der Waals surface area contributed by atoms with Gasteiger partial charge in [0.05, 0.1) is 12.8 Å². The molecule has 0 radical (unpaired) electrons. The van der Waals surface area contributed by atoms with Crippen LogP contribution in [-0.4, -0.2) is 25.4 Å². The first-order valence-corrected chi connectivity index (χ1v) is 4.56. The number of methoxy groups -OCH3 is 1. The smallest absolute Gasteiger partial charge is 0.141 e. The molecule has 4 nitrogen and oxygen atoms in total. The van der Waals surface area contributed by atoms with Gasteiger partial charge in [0.2, 0.25) is 0 Å². The van der Waals surface area contributed by atoms with E-state index >= 15 is 0 Å². The molecule has 0 saturated carbocycles. The zero-order valence-electron chi connectivity index (χ0n) is 9.10. The Morgan fingerprint density at radius 1 is 1.38 bits per heavy atom. The van der Waals surface area contributed by atoms with Gasteiger partial charge in [-0.1, -0.05) is 0 Å². The Kier molecular flexibility index (Phi) is 10.3. The summed E-state index contributed by atoms with van der Waals surface area (Å²) >= 11 is 0. The van der Waals surface area contributed by atoms with Crippen LogP contribution in [0.15, 0.2) is 18.2 Å². The van der Waals surface area contributed by atoms with E-state index in [-0.39, 0.29) is 31.4 Å². The number of hydrogen-bond acceptors (Lipinski definition) is 4. The molecule has 0 saturated heterocycles. The van der Waals surface area contributed by atoms with Crippen molar-refractivity contribution in [3.05, 3.63) is 18.2 Å². The fourth-order valence-corrected chi connectivity index (χ4v) is 1.16. The van der Waals surface area contributed by atoms with Crippen molar-refractivity contribution in [2.45, 2.75) is 6.42 Å². The second kappa shape index (κ2) is 9.39. The lowest BCUT2D eigenvalue weighted by atomic mass is 10.2. The number of ether oxygens (including phenoxy) is 1. The van der Waals surface area contributed by atoms with Gasteiger partial charge in [0, 0.05) is 18.8 Å². The molecule has 0 amide bonds. The monoisotopic (exact) mass is 268 g/mol. The van der Waals surface area contributed by atoms with Gasteiger partial charge in [-0.2, -0.15) is 0 Å². The molecule has 0 unspecified atom stereocenters. The molecule has 0 spiro atoms. The lowest BCUT2D eigenvalue weighted by molar-refractivity contribution is 0.292. The van der Waals surface area contributed by atoms with E-state index in [1.54, 1.807) is 7.11 Å². The minimum atomic E-state index is 0. The van der Waals surface area contributed by atoms with Gasteiger partial charge < -0.3 is 20.9 Å². The Balaban J connectivity index is 0. The van der Waals surface area contributed by atoms with Crippen molar-refractivity contribution in [3.8, 4) is 5.75 Å². The summed E-state index contributed by atoms with van der Waals surface area (Å²) in [6.07, 6.45) is 0.728. The average molecular weight is 269 g/mol. The highest BCUT2D eigenvalue weighted by Crippen LogP contribution is 2.24. The third kappa shape index (κ3) is 5.30. The number of aliphatic hydroxyl groups is 1. The van der Waals surface area contributed by atoms with Gasteiger partial charge in [-0.15, -0.1) is 24.8 Å². The van der Waals surface area contributed by atoms with E-state index in [1.165, 1.54) is 0 Å². The highest BCUT2D eigenvalue weighted by Gasteiger charge is 1.99. The fraction of sp³-hybridized carbons (Fsp3) is 0.400. The summed E-state index contributed by atoms with van der Waals surface area (Å²) in [5.41, 5.74) is 7.28. The largest absolute Gasteiger partial charge is 0.495 e. The molecule has 1 aromatic rings. The summed E-state index contributed by atoms with van der Waals surface area (Å²) < 4.78 is 5.03. The number of benzene rings is 1. The van der Waals surface area contributed by atoms with E-state index in [0.717, 1.165) is 18.7 Å². The number of nitrogens with two attached hydrogens (primary N) is 1. The second-order valence-electron chi connectivity index (χ2n) is 2.96. The van der Waals surface area contributed by atoms with Crippen molar-refractivity contribution >= 4 is 36.2 Å². The fourth-order valence-electron chi connectivity index (χ4n) is 1.16. The van der Waals surface area contributed by atoms with Crippen molar-refractivity contribution in [1.82, 2.24) is 0 Å². The van der Waals surface area contributed by atoms with Gasteiger partial charge in [-0.05, 0) is 24.6 Å². The lowest BCUT2D eigenvalue weighted by Crippen LogP contribution is -2.04. The number of nitrogens with one attached hydrogen (secondary N) is 1. The first-order valence-electron chi connectivity index (χ1n) is 4.56. The van der Waals surface area contributed by atoms with Crippen LogP contribution in [0.25, 0.3) is 0 Å². The second-order valence-corrected chi connectivity index (χ2v) is 2.96. The van der Waals surface area contributed by atoms with Crippen molar-refractivity contribution in [3.63, 3.8) is 0 Å². The van der Waals surface area contributed by atoms with E-state index in [2.05, 4.69) is 5.32 Å². The van der Waals surface area contributed by atoms with Gasteiger partial charge in [0.15, 0.2) is 0 Å². The Bertz CT molecular complexity index is 298. The first kappa shape index (κ1) is 17.6. The normalized spacial score (nSPS) is 8.62. The van der Waals surface area contributed by atoms with Crippen molar-refractivity contribution in [2.24, 2.45) is 0 Å². The van der Waals surface area contributed by atoms with Crippen LogP contribution < -0.4 is 15.8 Å². The van der Waals surface area contributed by atoms with Gasteiger partial charge in [-0.25, -0.2) is 0 Å². The molecular formula is C10H18Cl2N2O2. The maximum absolute atomic E-state index is 8.60. The highest BCUT2D eigenvalue weighted by molar-refractivity contribution is 5.85. The molecule has 16 heavy (non-hydrogen) atoms. The number of nitrogen functional groups attached to an aromatic ring is 1. The molecule has 0 aliphatic rings. The van der Waals surface area contributed by atoms with Crippen LogP contribution in [0.3, 0.4) is 0 Å². The summed E-state index contributed by atoms with van der Waals surface area (Å²) in [6.45, 7) is 0.931. The molecule has 0 aliphatic heterocycles. The van der Waals surface area contributed by atoms with Gasteiger partial charge in [0.1, 0.15) is 5.75 Å². The summed E-state index contributed by atoms with van der Waals surface area (Å²) in [6, 6.07) is 5.53. The Hall–Kier alpha value is -0.840. The molecule has 6 heteroatoms. The molecule has 94 valence electrons. The van der Waals surface area contributed by atoms with Crippen LogP contribution in [0.4, 0.5) is 11.4 Å². The predicted octanol–water partition coefficient (Wildman–Crippen LogP) is 1.92. The van der Waals surface area contributed by atoms with E-state index < -0.39 is 0 Å². The van der Waals surface area contributed by atoms with Crippen LogP contribution in [0, 0.1) is 0 Å². The zero-order chi connectivity index (χ0) is 10.4. The summed E-state index contributed by atoms with van der Waals surface area (Å²) in [4.78, 5) is 0. The third-order valence-electron chi connectivity index (χ3n) is 1.89. The average Bonchev–Trinajstić information content (AvgIpc) is 2.18. The van der Waals surface area contributed by atoms with E-state index in [9.17, 15) is 0 Å². The molecule has 0 aromatic heterocycles. The minimum absolute atomic E-state index is 0. The number of aliphatic hydroxyl groups excluding tert-OH is 1. The molecule has 1 rings (SSSR count). The third-order valence-corrected chi connectivity index (χ3v) is 1.89. The maximum atomic E-state index is 8.60.